The van der Waals surface area contributed by atoms with Gasteiger partial charge < -0.3 is 10.0 Å². The second-order valence-electron chi connectivity index (χ2n) is 4.57. The lowest BCUT2D eigenvalue weighted by atomic mass is 9.97. The molecule has 1 aromatic rings. The minimum atomic E-state index is -0.137. The molecule has 0 aliphatic carbocycles. The summed E-state index contributed by atoms with van der Waals surface area (Å²) in [5.41, 5.74) is 1.65. The van der Waals surface area contributed by atoms with E-state index in [4.69, 9.17) is 5.11 Å². The minimum absolute atomic E-state index is 0.137. The van der Waals surface area contributed by atoms with E-state index >= 15 is 0 Å². The molecule has 2 rings (SSSR count). The van der Waals surface area contributed by atoms with Crippen LogP contribution in [-0.4, -0.2) is 24.8 Å². The van der Waals surface area contributed by atoms with Crippen LogP contribution in [0, 0.1) is 18.7 Å². The van der Waals surface area contributed by atoms with Gasteiger partial charge in [0.1, 0.15) is 5.82 Å². The third kappa shape index (κ3) is 2.35. The molecule has 1 heterocycles. The summed E-state index contributed by atoms with van der Waals surface area (Å²) in [7, 11) is 0. The summed E-state index contributed by atoms with van der Waals surface area (Å²) < 4.78 is 13.7. The normalized spacial score (nSPS) is 17.8. The number of hydrogen-bond donors (Lipinski definition) is 1. The summed E-state index contributed by atoms with van der Waals surface area (Å²) in [5.74, 6) is 0.257. The van der Waals surface area contributed by atoms with Crippen molar-refractivity contribution in [1.29, 1.82) is 0 Å². The molecule has 2 nitrogen and oxygen atoms in total. The molecule has 1 saturated heterocycles. The molecule has 1 aliphatic heterocycles. The highest BCUT2D eigenvalue weighted by Crippen LogP contribution is 2.25. The van der Waals surface area contributed by atoms with Crippen molar-refractivity contribution < 1.29 is 9.50 Å². The molecule has 0 atom stereocenters. The smallest absolute Gasteiger partial charge is 0.146 e. The lowest BCUT2D eigenvalue weighted by molar-refractivity contribution is 0.203. The van der Waals surface area contributed by atoms with Gasteiger partial charge in [0.25, 0.3) is 0 Å². The first kappa shape index (κ1) is 11.4. The molecule has 1 N–H and O–H groups in total. The number of nitrogens with zero attached hydrogens (tertiary/aromatic N) is 1. The Balaban J connectivity index is 2.08. The second kappa shape index (κ2) is 4.83. The monoisotopic (exact) mass is 223 g/mol. The van der Waals surface area contributed by atoms with Crippen molar-refractivity contribution in [2.45, 2.75) is 19.8 Å². The summed E-state index contributed by atoms with van der Waals surface area (Å²) in [6.07, 6.45) is 1.90. The van der Waals surface area contributed by atoms with Crippen LogP contribution in [0.3, 0.4) is 0 Å². The number of anilines is 1. The zero-order valence-electron chi connectivity index (χ0n) is 9.62. The standard InChI is InChI=1S/C13H18FNO/c1-10-2-3-13(12(14)8-10)15-6-4-11(9-16)5-7-15/h2-3,8,11,16H,4-7,9H2,1H3. The van der Waals surface area contributed by atoms with E-state index in [9.17, 15) is 4.39 Å². The number of piperidine rings is 1. The van der Waals surface area contributed by atoms with Crippen LogP contribution in [0.4, 0.5) is 10.1 Å². The minimum Gasteiger partial charge on any atom is -0.396 e. The molecule has 0 bridgehead atoms. The molecule has 0 aromatic heterocycles. The molecule has 0 unspecified atom stereocenters. The Labute approximate surface area is 95.7 Å². The third-order valence-corrected chi connectivity index (χ3v) is 3.32. The number of halogens is 1. The average Bonchev–Trinajstić information content (AvgIpc) is 2.29. The van der Waals surface area contributed by atoms with Crippen LogP contribution in [0.1, 0.15) is 18.4 Å². The van der Waals surface area contributed by atoms with Crippen molar-refractivity contribution in [3.8, 4) is 0 Å². The number of hydrogen-bond acceptors (Lipinski definition) is 2. The van der Waals surface area contributed by atoms with E-state index in [0.717, 1.165) is 31.5 Å². The van der Waals surface area contributed by atoms with E-state index in [1.165, 1.54) is 0 Å². The zero-order valence-corrected chi connectivity index (χ0v) is 9.62. The van der Waals surface area contributed by atoms with Crippen LogP contribution < -0.4 is 4.90 Å². The highest BCUT2D eigenvalue weighted by Gasteiger charge is 2.20. The van der Waals surface area contributed by atoms with Gasteiger partial charge in [-0.05, 0) is 43.4 Å². The summed E-state index contributed by atoms with van der Waals surface area (Å²) >= 11 is 0. The Morgan fingerprint density at radius 1 is 1.38 bits per heavy atom. The van der Waals surface area contributed by atoms with Crippen molar-refractivity contribution in [1.82, 2.24) is 0 Å². The number of benzene rings is 1. The Hall–Kier alpha value is -1.09. The molecular formula is C13H18FNO. The largest absolute Gasteiger partial charge is 0.396 e. The van der Waals surface area contributed by atoms with E-state index in [1.807, 2.05) is 19.1 Å². The Morgan fingerprint density at radius 2 is 2.06 bits per heavy atom. The van der Waals surface area contributed by atoms with Gasteiger partial charge in [-0.25, -0.2) is 4.39 Å². The fourth-order valence-electron chi connectivity index (χ4n) is 2.22. The number of aryl methyl sites for hydroxylation is 1. The molecular weight excluding hydrogens is 205 g/mol. The van der Waals surface area contributed by atoms with Crippen molar-refractivity contribution in [2.24, 2.45) is 5.92 Å². The molecule has 0 saturated carbocycles. The van der Waals surface area contributed by atoms with E-state index in [0.29, 0.717) is 11.6 Å². The highest BCUT2D eigenvalue weighted by atomic mass is 19.1. The van der Waals surface area contributed by atoms with Gasteiger partial charge in [-0.15, -0.1) is 0 Å². The lowest BCUT2D eigenvalue weighted by Crippen LogP contribution is -2.35. The van der Waals surface area contributed by atoms with Gasteiger partial charge in [-0.3, -0.25) is 0 Å². The first-order chi connectivity index (χ1) is 7.70. The van der Waals surface area contributed by atoms with Crippen LogP contribution in [0.2, 0.25) is 0 Å². The Kier molecular flexibility index (Phi) is 3.44. The van der Waals surface area contributed by atoms with Crippen LogP contribution in [-0.2, 0) is 0 Å². The second-order valence-corrected chi connectivity index (χ2v) is 4.57. The molecule has 1 aliphatic rings. The lowest BCUT2D eigenvalue weighted by Gasteiger charge is -2.33. The summed E-state index contributed by atoms with van der Waals surface area (Å²) in [4.78, 5) is 2.07. The quantitative estimate of drug-likeness (QED) is 0.832. The molecule has 1 fully saturated rings. The Morgan fingerprint density at radius 3 is 2.62 bits per heavy atom. The van der Waals surface area contributed by atoms with E-state index in [2.05, 4.69) is 4.90 Å². The molecule has 16 heavy (non-hydrogen) atoms. The first-order valence-electron chi connectivity index (χ1n) is 5.82. The van der Waals surface area contributed by atoms with E-state index in [1.54, 1.807) is 6.07 Å². The van der Waals surface area contributed by atoms with Crippen molar-refractivity contribution >= 4 is 5.69 Å². The van der Waals surface area contributed by atoms with Gasteiger partial charge in [0.15, 0.2) is 0 Å². The molecule has 1 aromatic carbocycles. The maximum atomic E-state index is 13.7. The van der Waals surface area contributed by atoms with E-state index in [-0.39, 0.29) is 12.4 Å². The van der Waals surface area contributed by atoms with Crippen LogP contribution in [0.15, 0.2) is 18.2 Å². The van der Waals surface area contributed by atoms with Crippen LogP contribution in [0.5, 0.6) is 0 Å². The Bertz CT molecular complexity index is 359. The predicted molar refractivity (Wildman–Crippen MR) is 63.2 cm³/mol. The maximum Gasteiger partial charge on any atom is 0.146 e. The van der Waals surface area contributed by atoms with Gasteiger partial charge in [0.2, 0.25) is 0 Å². The topological polar surface area (TPSA) is 23.5 Å². The average molecular weight is 223 g/mol. The molecule has 88 valence electrons. The highest BCUT2D eigenvalue weighted by molar-refractivity contribution is 5.49. The zero-order chi connectivity index (χ0) is 11.5. The van der Waals surface area contributed by atoms with Gasteiger partial charge in [0.05, 0.1) is 5.69 Å². The fourth-order valence-corrected chi connectivity index (χ4v) is 2.22. The van der Waals surface area contributed by atoms with Crippen LogP contribution >= 0.6 is 0 Å². The van der Waals surface area contributed by atoms with Gasteiger partial charge >= 0.3 is 0 Å². The number of rotatable bonds is 2. The SMILES string of the molecule is Cc1ccc(N2CCC(CO)CC2)c(F)c1. The van der Waals surface area contributed by atoms with Gasteiger partial charge in [-0.2, -0.15) is 0 Å². The van der Waals surface area contributed by atoms with Crippen molar-refractivity contribution in [3.05, 3.63) is 29.6 Å². The third-order valence-electron chi connectivity index (χ3n) is 3.32. The number of aliphatic hydroxyl groups excluding tert-OH is 1. The maximum absolute atomic E-state index is 13.7. The van der Waals surface area contributed by atoms with Crippen molar-refractivity contribution in [3.63, 3.8) is 0 Å². The fraction of sp³-hybridized carbons (Fsp3) is 0.538. The number of aliphatic hydroxyl groups is 1. The molecule has 0 radical (unpaired) electrons. The summed E-state index contributed by atoms with van der Waals surface area (Å²) in [6, 6.07) is 5.37. The molecule has 3 heteroatoms. The van der Waals surface area contributed by atoms with E-state index < -0.39 is 0 Å². The summed E-state index contributed by atoms with van der Waals surface area (Å²) in [6.45, 7) is 3.82. The molecule has 0 amide bonds. The first-order valence-corrected chi connectivity index (χ1v) is 5.82. The summed E-state index contributed by atoms with van der Waals surface area (Å²) in [5, 5.41) is 9.05. The molecule has 0 spiro atoms. The van der Waals surface area contributed by atoms with Gasteiger partial charge in [0, 0.05) is 19.7 Å². The van der Waals surface area contributed by atoms with Crippen LogP contribution in [0.25, 0.3) is 0 Å². The van der Waals surface area contributed by atoms with Crippen molar-refractivity contribution in [2.75, 3.05) is 24.6 Å². The van der Waals surface area contributed by atoms with Gasteiger partial charge in [-0.1, -0.05) is 6.07 Å². The predicted octanol–water partition coefficient (Wildman–Crippen LogP) is 2.34.